The van der Waals surface area contributed by atoms with E-state index in [1.165, 1.54) is 12.1 Å². The van der Waals surface area contributed by atoms with Gasteiger partial charge in [0.05, 0.1) is 10.6 Å². The van der Waals surface area contributed by atoms with E-state index in [9.17, 15) is 17.6 Å². The Hall–Kier alpha value is -3.78. The topological polar surface area (TPSA) is 89.3 Å². The molecule has 0 saturated heterocycles. The van der Waals surface area contributed by atoms with Crippen LogP contribution in [0.4, 0.5) is 4.39 Å². The molecule has 0 saturated carbocycles. The molecule has 0 radical (unpaired) electrons. The summed E-state index contributed by atoms with van der Waals surface area (Å²) in [6, 6.07) is 21.0. The van der Waals surface area contributed by atoms with E-state index in [2.05, 4.69) is 10.3 Å². The van der Waals surface area contributed by atoms with Crippen molar-refractivity contribution in [2.75, 3.05) is 0 Å². The summed E-state index contributed by atoms with van der Waals surface area (Å²) in [4.78, 5) is 16.7. The first-order valence-corrected chi connectivity index (χ1v) is 11.8. The molecule has 0 aliphatic carbocycles. The quantitative estimate of drug-likeness (QED) is 0.401. The number of carbonyl (C=O) groups is 1. The molecule has 4 rings (SSSR count). The first kappa shape index (κ1) is 22.4. The van der Waals surface area contributed by atoms with Crippen LogP contribution in [0.2, 0.25) is 0 Å². The monoisotopic (exact) mass is 464 g/mol. The number of aryl methyl sites for hydroxylation is 1. The van der Waals surface area contributed by atoms with Gasteiger partial charge >= 0.3 is 0 Å². The van der Waals surface area contributed by atoms with Crippen molar-refractivity contribution in [3.8, 4) is 11.5 Å². The zero-order valence-electron chi connectivity index (χ0n) is 17.8. The van der Waals surface area contributed by atoms with Gasteiger partial charge in [0.2, 0.25) is 5.89 Å². The summed E-state index contributed by atoms with van der Waals surface area (Å²) in [5, 5.41) is 2.86. The van der Waals surface area contributed by atoms with Crippen LogP contribution in [0.3, 0.4) is 0 Å². The summed E-state index contributed by atoms with van der Waals surface area (Å²) >= 11 is 0. The van der Waals surface area contributed by atoms with E-state index in [0.717, 1.165) is 17.7 Å². The van der Waals surface area contributed by atoms with Crippen molar-refractivity contribution in [3.05, 3.63) is 107 Å². The third kappa shape index (κ3) is 5.35. The van der Waals surface area contributed by atoms with Gasteiger partial charge in [0.15, 0.2) is 9.84 Å². The Morgan fingerprint density at radius 1 is 0.970 bits per heavy atom. The van der Waals surface area contributed by atoms with Gasteiger partial charge in [-0.3, -0.25) is 4.79 Å². The Kier molecular flexibility index (Phi) is 6.37. The Bertz CT molecular complexity index is 1360. The van der Waals surface area contributed by atoms with Crippen molar-refractivity contribution in [3.63, 3.8) is 0 Å². The Labute approximate surface area is 191 Å². The maximum Gasteiger partial charge on any atom is 0.251 e. The van der Waals surface area contributed by atoms with E-state index in [4.69, 9.17) is 4.42 Å². The minimum atomic E-state index is -3.71. The van der Waals surface area contributed by atoms with Crippen molar-refractivity contribution in [2.24, 2.45) is 0 Å². The maximum atomic E-state index is 13.1. The molecule has 0 bridgehead atoms. The lowest BCUT2D eigenvalue weighted by atomic mass is 10.1. The molecule has 0 atom stereocenters. The van der Waals surface area contributed by atoms with Gasteiger partial charge in [-0.05, 0) is 61.0 Å². The fraction of sp³-hybridized carbons (Fsp3) is 0.120. The molecule has 3 aromatic carbocycles. The number of aromatic nitrogens is 1. The smallest absolute Gasteiger partial charge is 0.251 e. The highest BCUT2D eigenvalue weighted by Gasteiger charge is 2.21. The average Bonchev–Trinajstić information content (AvgIpc) is 3.18. The number of nitrogens with one attached hydrogen (secondary N) is 1. The predicted molar refractivity (Wildman–Crippen MR) is 122 cm³/mol. The lowest BCUT2D eigenvalue weighted by Crippen LogP contribution is -2.22. The molecule has 168 valence electrons. The van der Waals surface area contributed by atoms with Crippen molar-refractivity contribution in [2.45, 2.75) is 24.1 Å². The molecule has 0 fully saturated rings. The zero-order valence-corrected chi connectivity index (χ0v) is 18.6. The lowest BCUT2D eigenvalue weighted by Gasteiger charge is -2.05. The Morgan fingerprint density at radius 2 is 1.64 bits per heavy atom. The second-order valence-corrected chi connectivity index (χ2v) is 9.47. The average molecular weight is 465 g/mol. The highest BCUT2D eigenvalue weighted by molar-refractivity contribution is 7.90. The third-order valence-corrected chi connectivity index (χ3v) is 6.73. The standard InChI is InChI=1S/C25H21FN2O4S/c1-17-23(16-33(30,31)22-13-11-21(26)12-14-22)28-25(32-17)20-9-7-19(8-10-20)24(29)27-15-18-5-3-2-4-6-18/h2-14H,15-16H2,1H3,(H,27,29). The van der Waals surface area contributed by atoms with Gasteiger partial charge in [-0.25, -0.2) is 17.8 Å². The number of amides is 1. The van der Waals surface area contributed by atoms with Gasteiger partial charge in [0, 0.05) is 17.7 Å². The van der Waals surface area contributed by atoms with E-state index >= 15 is 0 Å². The number of sulfone groups is 1. The Balaban J connectivity index is 1.46. The molecule has 4 aromatic rings. The summed E-state index contributed by atoms with van der Waals surface area (Å²) < 4.78 is 44.1. The van der Waals surface area contributed by atoms with Crippen molar-refractivity contribution < 1.29 is 22.0 Å². The number of oxazole rings is 1. The highest BCUT2D eigenvalue weighted by Crippen LogP contribution is 2.25. The number of benzene rings is 3. The van der Waals surface area contributed by atoms with Crippen LogP contribution in [0.15, 0.2) is 88.2 Å². The minimum absolute atomic E-state index is 0.0127. The first-order chi connectivity index (χ1) is 15.8. The molecular formula is C25H21FN2O4S. The van der Waals surface area contributed by atoms with Gasteiger partial charge in [-0.15, -0.1) is 0 Å². The van der Waals surface area contributed by atoms with Crippen molar-refractivity contribution >= 4 is 15.7 Å². The molecule has 0 unspecified atom stereocenters. The van der Waals surface area contributed by atoms with E-state index in [0.29, 0.717) is 23.4 Å². The molecule has 0 aliphatic rings. The molecule has 1 heterocycles. The predicted octanol–water partition coefficient (Wildman–Crippen LogP) is 4.69. The molecular weight excluding hydrogens is 443 g/mol. The first-order valence-electron chi connectivity index (χ1n) is 10.2. The SMILES string of the molecule is Cc1oc(-c2ccc(C(=O)NCc3ccccc3)cc2)nc1CS(=O)(=O)c1ccc(F)cc1. The second-order valence-electron chi connectivity index (χ2n) is 7.48. The van der Waals surface area contributed by atoms with Crippen LogP contribution in [0, 0.1) is 12.7 Å². The largest absolute Gasteiger partial charge is 0.441 e. The number of nitrogens with zero attached hydrogens (tertiary/aromatic N) is 1. The molecule has 1 N–H and O–H groups in total. The highest BCUT2D eigenvalue weighted by atomic mass is 32.2. The molecule has 0 aliphatic heterocycles. The fourth-order valence-electron chi connectivity index (χ4n) is 3.24. The number of carbonyl (C=O) groups excluding carboxylic acids is 1. The summed E-state index contributed by atoms with van der Waals surface area (Å²) in [6.45, 7) is 2.06. The molecule has 33 heavy (non-hydrogen) atoms. The summed E-state index contributed by atoms with van der Waals surface area (Å²) in [5.41, 5.74) is 2.38. The fourth-order valence-corrected chi connectivity index (χ4v) is 4.58. The van der Waals surface area contributed by atoms with Crippen LogP contribution in [0.25, 0.3) is 11.5 Å². The van der Waals surface area contributed by atoms with Crippen LogP contribution in [-0.2, 0) is 22.1 Å². The van der Waals surface area contributed by atoms with Gasteiger partial charge in [-0.1, -0.05) is 30.3 Å². The van der Waals surface area contributed by atoms with Crippen molar-refractivity contribution in [1.29, 1.82) is 0 Å². The van der Waals surface area contributed by atoms with E-state index in [1.54, 1.807) is 31.2 Å². The normalized spacial score (nSPS) is 11.3. The molecule has 1 aromatic heterocycles. The van der Waals surface area contributed by atoms with Crippen LogP contribution in [0.5, 0.6) is 0 Å². The maximum absolute atomic E-state index is 13.1. The van der Waals surface area contributed by atoms with Crippen LogP contribution >= 0.6 is 0 Å². The Morgan fingerprint density at radius 3 is 2.30 bits per heavy atom. The molecule has 6 nitrogen and oxygen atoms in total. The number of hydrogen-bond acceptors (Lipinski definition) is 5. The number of hydrogen-bond donors (Lipinski definition) is 1. The van der Waals surface area contributed by atoms with Gasteiger partial charge in [0.25, 0.3) is 5.91 Å². The van der Waals surface area contributed by atoms with Gasteiger partial charge in [-0.2, -0.15) is 0 Å². The zero-order chi connectivity index (χ0) is 23.4. The number of halogens is 1. The minimum Gasteiger partial charge on any atom is -0.441 e. The van der Waals surface area contributed by atoms with Crippen molar-refractivity contribution in [1.82, 2.24) is 10.3 Å². The van der Waals surface area contributed by atoms with Crippen LogP contribution in [0.1, 0.15) is 27.4 Å². The van der Waals surface area contributed by atoms with Crippen LogP contribution in [-0.4, -0.2) is 19.3 Å². The molecule has 8 heteroatoms. The lowest BCUT2D eigenvalue weighted by molar-refractivity contribution is 0.0951. The van der Waals surface area contributed by atoms with E-state index in [-0.39, 0.29) is 28.1 Å². The van der Waals surface area contributed by atoms with Gasteiger partial charge in [0.1, 0.15) is 17.3 Å². The third-order valence-electron chi connectivity index (χ3n) is 5.08. The summed E-state index contributed by atoms with van der Waals surface area (Å²) in [5.74, 6) is -0.451. The van der Waals surface area contributed by atoms with E-state index < -0.39 is 15.7 Å². The van der Waals surface area contributed by atoms with Crippen LogP contribution < -0.4 is 5.32 Å². The van der Waals surface area contributed by atoms with Gasteiger partial charge < -0.3 is 9.73 Å². The van der Waals surface area contributed by atoms with E-state index in [1.807, 2.05) is 30.3 Å². The molecule has 0 spiro atoms. The number of rotatable bonds is 7. The molecule has 1 amide bonds. The summed E-state index contributed by atoms with van der Waals surface area (Å²) in [7, 11) is -3.71. The summed E-state index contributed by atoms with van der Waals surface area (Å²) in [6.07, 6.45) is 0. The second kappa shape index (κ2) is 9.38.